The minimum Gasteiger partial charge on any atom is -0.486 e. The summed E-state index contributed by atoms with van der Waals surface area (Å²) in [5.41, 5.74) is 6.84. The number of rotatable bonds is 4. The van der Waals surface area contributed by atoms with Crippen molar-refractivity contribution in [2.24, 2.45) is 16.6 Å². The highest BCUT2D eigenvalue weighted by atomic mass is 79.9. The van der Waals surface area contributed by atoms with Gasteiger partial charge in [0, 0.05) is 6.54 Å². The third-order valence-corrected chi connectivity index (χ3v) is 3.37. The van der Waals surface area contributed by atoms with Gasteiger partial charge < -0.3 is 20.5 Å². The molecule has 0 saturated heterocycles. The van der Waals surface area contributed by atoms with E-state index < -0.39 is 0 Å². The minimum atomic E-state index is 0.463. The Labute approximate surface area is 127 Å². The van der Waals surface area contributed by atoms with Gasteiger partial charge in [-0.3, -0.25) is 0 Å². The van der Waals surface area contributed by atoms with Gasteiger partial charge in [-0.2, -0.15) is 0 Å². The van der Waals surface area contributed by atoms with E-state index in [-0.39, 0.29) is 0 Å². The fraction of sp³-hybridized carbons (Fsp3) is 0.500. The van der Waals surface area contributed by atoms with Gasteiger partial charge in [0.15, 0.2) is 17.5 Å². The molecular weight excluding hydrogens is 322 g/mol. The third kappa shape index (κ3) is 4.03. The standard InChI is InChI=1S/C14H20BrN3O2/c1-9(2)7-17-14(16)18-8-10-5-11(15)13-12(6-10)19-3-4-20-13/h5-6,9H,3-4,7-8H2,1-2H3,(H3,16,17,18). The second-order valence-electron chi connectivity index (χ2n) is 5.08. The number of fused-ring (bicyclic) bond motifs is 1. The number of nitrogens with zero attached hydrogens (tertiary/aromatic N) is 1. The Kier molecular flexibility index (Phi) is 5.11. The molecule has 20 heavy (non-hydrogen) atoms. The molecule has 6 heteroatoms. The zero-order chi connectivity index (χ0) is 14.5. The summed E-state index contributed by atoms with van der Waals surface area (Å²) < 4.78 is 12.0. The van der Waals surface area contributed by atoms with E-state index >= 15 is 0 Å². The lowest BCUT2D eigenvalue weighted by molar-refractivity contribution is 0.170. The molecule has 0 unspecified atom stereocenters. The highest BCUT2D eigenvalue weighted by Crippen LogP contribution is 2.38. The van der Waals surface area contributed by atoms with Crippen LogP contribution in [-0.4, -0.2) is 25.7 Å². The molecule has 0 aliphatic carbocycles. The van der Waals surface area contributed by atoms with Crippen LogP contribution in [0.5, 0.6) is 11.5 Å². The van der Waals surface area contributed by atoms with Crippen molar-refractivity contribution >= 4 is 21.9 Å². The van der Waals surface area contributed by atoms with E-state index in [4.69, 9.17) is 15.2 Å². The molecule has 1 aliphatic rings. The Balaban J connectivity index is 2.03. The summed E-state index contributed by atoms with van der Waals surface area (Å²) >= 11 is 3.49. The van der Waals surface area contributed by atoms with Crippen LogP contribution < -0.4 is 20.5 Å². The molecule has 0 fully saturated rings. The average molecular weight is 342 g/mol. The maximum absolute atomic E-state index is 5.82. The quantitative estimate of drug-likeness (QED) is 0.651. The summed E-state index contributed by atoms with van der Waals surface area (Å²) in [6, 6.07) is 3.92. The van der Waals surface area contributed by atoms with Crippen molar-refractivity contribution in [2.45, 2.75) is 20.4 Å². The molecule has 3 N–H and O–H groups in total. The number of benzene rings is 1. The summed E-state index contributed by atoms with van der Waals surface area (Å²) in [6.45, 7) is 6.72. The van der Waals surface area contributed by atoms with Crippen molar-refractivity contribution in [3.63, 3.8) is 0 Å². The maximum Gasteiger partial charge on any atom is 0.188 e. The first kappa shape index (κ1) is 15.0. The zero-order valence-electron chi connectivity index (χ0n) is 11.8. The Morgan fingerprint density at radius 3 is 2.90 bits per heavy atom. The number of hydrogen-bond donors (Lipinski definition) is 2. The average Bonchev–Trinajstić information content (AvgIpc) is 2.43. The molecule has 0 amide bonds. The van der Waals surface area contributed by atoms with E-state index in [2.05, 4.69) is 40.1 Å². The normalized spacial score (nSPS) is 14.5. The van der Waals surface area contributed by atoms with Gasteiger partial charge in [-0.1, -0.05) is 13.8 Å². The summed E-state index contributed by atoms with van der Waals surface area (Å²) in [4.78, 5) is 4.32. The van der Waals surface area contributed by atoms with Gasteiger partial charge in [-0.15, -0.1) is 0 Å². The largest absolute Gasteiger partial charge is 0.486 e. The Bertz CT molecular complexity index is 503. The van der Waals surface area contributed by atoms with E-state index in [1.165, 1.54) is 0 Å². The molecule has 0 spiro atoms. The summed E-state index contributed by atoms with van der Waals surface area (Å²) in [6.07, 6.45) is 0. The number of nitrogens with one attached hydrogen (secondary N) is 1. The molecule has 0 saturated carbocycles. The van der Waals surface area contributed by atoms with Gasteiger partial charge in [0.1, 0.15) is 13.2 Å². The zero-order valence-corrected chi connectivity index (χ0v) is 13.4. The predicted octanol–water partition coefficient (Wildman–Crippen LogP) is 2.28. The lowest BCUT2D eigenvalue weighted by atomic mass is 10.2. The smallest absolute Gasteiger partial charge is 0.188 e. The fourth-order valence-corrected chi connectivity index (χ4v) is 2.40. The van der Waals surface area contributed by atoms with E-state index in [1.807, 2.05) is 12.1 Å². The van der Waals surface area contributed by atoms with Gasteiger partial charge in [0.2, 0.25) is 0 Å². The summed E-state index contributed by atoms with van der Waals surface area (Å²) in [7, 11) is 0. The minimum absolute atomic E-state index is 0.463. The van der Waals surface area contributed by atoms with Crippen LogP contribution in [-0.2, 0) is 6.54 Å². The van der Waals surface area contributed by atoms with Crippen molar-refractivity contribution in [2.75, 3.05) is 19.8 Å². The maximum atomic E-state index is 5.82. The van der Waals surface area contributed by atoms with E-state index in [0.717, 1.165) is 28.1 Å². The van der Waals surface area contributed by atoms with Crippen LogP contribution >= 0.6 is 15.9 Å². The van der Waals surface area contributed by atoms with Crippen LogP contribution in [0.2, 0.25) is 0 Å². The number of nitrogens with two attached hydrogens (primary N) is 1. The van der Waals surface area contributed by atoms with Gasteiger partial charge in [0.05, 0.1) is 11.0 Å². The van der Waals surface area contributed by atoms with Gasteiger partial charge in [-0.25, -0.2) is 4.99 Å². The molecule has 110 valence electrons. The Morgan fingerprint density at radius 2 is 2.15 bits per heavy atom. The summed E-state index contributed by atoms with van der Waals surface area (Å²) in [5.74, 6) is 2.51. The first-order chi connectivity index (χ1) is 9.56. The highest BCUT2D eigenvalue weighted by molar-refractivity contribution is 9.10. The molecule has 2 rings (SSSR count). The number of ether oxygens (including phenoxy) is 2. The Morgan fingerprint density at radius 1 is 1.40 bits per heavy atom. The monoisotopic (exact) mass is 341 g/mol. The first-order valence-electron chi connectivity index (χ1n) is 6.68. The van der Waals surface area contributed by atoms with Crippen LogP contribution in [0.4, 0.5) is 0 Å². The van der Waals surface area contributed by atoms with Gasteiger partial charge >= 0.3 is 0 Å². The van der Waals surface area contributed by atoms with E-state index in [0.29, 0.717) is 31.6 Å². The third-order valence-electron chi connectivity index (χ3n) is 2.78. The molecule has 5 nitrogen and oxygen atoms in total. The number of aliphatic imine (C=N–C) groups is 1. The first-order valence-corrected chi connectivity index (χ1v) is 7.47. The second kappa shape index (κ2) is 6.83. The van der Waals surface area contributed by atoms with Crippen LogP contribution in [0.25, 0.3) is 0 Å². The van der Waals surface area contributed by atoms with Crippen molar-refractivity contribution in [1.82, 2.24) is 5.32 Å². The molecule has 1 heterocycles. The topological polar surface area (TPSA) is 68.9 Å². The fourth-order valence-electron chi connectivity index (χ4n) is 1.80. The summed E-state index contributed by atoms with van der Waals surface area (Å²) in [5, 5.41) is 3.09. The number of halogens is 1. The van der Waals surface area contributed by atoms with Gasteiger partial charge in [-0.05, 0) is 39.5 Å². The van der Waals surface area contributed by atoms with Crippen LogP contribution in [0.1, 0.15) is 19.4 Å². The molecule has 1 aromatic carbocycles. The van der Waals surface area contributed by atoms with Crippen LogP contribution in [0.15, 0.2) is 21.6 Å². The number of guanidine groups is 1. The second-order valence-corrected chi connectivity index (χ2v) is 5.93. The molecule has 0 aromatic heterocycles. The van der Waals surface area contributed by atoms with E-state index in [1.54, 1.807) is 0 Å². The van der Waals surface area contributed by atoms with Crippen molar-refractivity contribution < 1.29 is 9.47 Å². The molecule has 1 aromatic rings. The Hall–Kier alpha value is -1.43. The van der Waals surface area contributed by atoms with Crippen LogP contribution in [0, 0.1) is 5.92 Å². The molecule has 0 atom stereocenters. The molecule has 0 bridgehead atoms. The SMILES string of the molecule is CC(C)CNC(N)=NCc1cc(Br)c2c(c1)OCCO2. The van der Waals surface area contributed by atoms with Crippen LogP contribution in [0.3, 0.4) is 0 Å². The lowest BCUT2D eigenvalue weighted by Crippen LogP contribution is -2.34. The van der Waals surface area contributed by atoms with Crippen molar-refractivity contribution in [3.8, 4) is 11.5 Å². The lowest BCUT2D eigenvalue weighted by Gasteiger charge is -2.20. The molecule has 0 radical (unpaired) electrons. The molecular formula is C14H20BrN3O2. The van der Waals surface area contributed by atoms with E-state index in [9.17, 15) is 0 Å². The highest BCUT2D eigenvalue weighted by Gasteiger charge is 2.16. The van der Waals surface area contributed by atoms with Gasteiger partial charge in [0.25, 0.3) is 0 Å². The number of hydrogen-bond acceptors (Lipinski definition) is 3. The van der Waals surface area contributed by atoms with Crippen molar-refractivity contribution in [1.29, 1.82) is 0 Å². The van der Waals surface area contributed by atoms with Crippen molar-refractivity contribution in [3.05, 3.63) is 22.2 Å². The predicted molar refractivity (Wildman–Crippen MR) is 83.3 cm³/mol. The molecule has 1 aliphatic heterocycles.